The van der Waals surface area contributed by atoms with Crippen molar-refractivity contribution in [3.05, 3.63) is 156 Å². The minimum absolute atomic E-state index is 0.0639. The zero-order valence-electron chi connectivity index (χ0n) is 38.7. The van der Waals surface area contributed by atoms with Crippen molar-refractivity contribution in [3.8, 4) is 28.4 Å². The molecule has 0 bridgehead atoms. The number of hydrogen-bond donors (Lipinski definition) is 0. The van der Waals surface area contributed by atoms with Crippen molar-refractivity contribution in [2.45, 2.75) is 113 Å². The summed E-state index contributed by atoms with van der Waals surface area (Å²) in [4.78, 5) is 9.90. The highest BCUT2D eigenvalue weighted by Gasteiger charge is 2.33. The molecule has 5 heteroatoms. The lowest BCUT2D eigenvalue weighted by atomic mass is 9.85. The van der Waals surface area contributed by atoms with Gasteiger partial charge in [0.2, 0.25) is 0 Å². The summed E-state index contributed by atoms with van der Waals surface area (Å²) in [6, 6.07) is 42.1. The van der Waals surface area contributed by atoms with Gasteiger partial charge in [-0.15, -0.1) is 0 Å². The summed E-state index contributed by atoms with van der Waals surface area (Å²) < 4.78 is 9.28. The third kappa shape index (κ3) is 8.20. The molecule has 61 heavy (non-hydrogen) atoms. The van der Waals surface area contributed by atoms with Gasteiger partial charge in [-0.05, 0) is 111 Å². The van der Waals surface area contributed by atoms with E-state index in [2.05, 4.69) is 226 Å². The quantitative estimate of drug-likeness (QED) is 0.153. The van der Waals surface area contributed by atoms with E-state index in [9.17, 15) is 0 Å². The van der Waals surface area contributed by atoms with Gasteiger partial charge in [0, 0.05) is 57.8 Å². The van der Waals surface area contributed by atoms with Gasteiger partial charge in [0.1, 0.15) is 17.3 Å². The molecule has 5 aromatic carbocycles. The maximum absolute atomic E-state index is 6.98. The third-order valence-electron chi connectivity index (χ3n) is 12.3. The minimum Gasteiger partial charge on any atom is -0.457 e. The Morgan fingerprint density at radius 3 is 1.89 bits per heavy atom. The van der Waals surface area contributed by atoms with E-state index in [0.29, 0.717) is 18.5 Å². The summed E-state index contributed by atoms with van der Waals surface area (Å²) in [5, 5.41) is 2.35. The molecule has 0 radical (unpaired) electrons. The SMILES string of the molecule is CC(C)c1cccc(C(C)C)c1-c1ccnc(-n2c3ccccc3c3ccc(Oc4cc(N5CN(c6cccc(C(C)(C)C)c6)C=C5C(C)(C)C)cc(C(C)(C)C)c4)cc32)c1. The lowest BCUT2D eigenvalue weighted by molar-refractivity contribution is 0.477. The van der Waals surface area contributed by atoms with Crippen LogP contribution in [0.4, 0.5) is 11.4 Å². The molecule has 2 aromatic heterocycles. The fourth-order valence-electron chi connectivity index (χ4n) is 8.82. The number of rotatable bonds is 8. The molecule has 0 fully saturated rings. The summed E-state index contributed by atoms with van der Waals surface area (Å²) in [5.41, 5.74) is 13.4. The topological polar surface area (TPSA) is 33.5 Å². The summed E-state index contributed by atoms with van der Waals surface area (Å²) in [7, 11) is 0. The van der Waals surface area contributed by atoms with Crippen LogP contribution in [0.15, 0.2) is 133 Å². The van der Waals surface area contributed by atoms with Crippen molar-refractivity contribution in [2.75, 3.05) is 16.5 Å². The van der Waals surface area contributed by atoms with Crippen LogP contribution in [0.5, 0.6) is 11.5 Å². The van der Waals surface area contributed by atoms with Crippen molar-refractivity contribution < 1.29 is 4.74 Å². The van der Waals surface area contributed by atoms with Gasteiger partial charge in [-0.1, -0.05) is 139 Å². The average Bonchev–Trinajstić information content (AvgIpc) is 3.81. The molecule has 3 heterocycles. The average molecular weight is 809 g/mol. The van der Waals surface area contributed by atoms with Crippen LogP contribution >= 0.6 is 0 Å². The van der Waals surface area contributed by atoms with E-state index in [4.69, 9.17) is 9.72 Å². The molecule has 0 aliphatic carbocycles. The summed E-state index contributed by atoms with van der Waals surface area (Å²) in [5.74, 6) is 3.27. The van der Waals surface area contributed by atoms with E-state index in [0.717, 1.165) is 39.4 Å². The largest absolute Gasteiger partial charge is 0.457 e. The first-order chi connectivity index (χ1) is 28.8. The predicted molar refractivity (Wildman–Crippen MR) is 260 cm³/mol. The Labute approximate surface area is 364 Å². The Balaban J connectivity index is 1.22. The first kappa shape index (κ1) is 41.9. The van der Waals surface area contributed by atoms with Crippen molar-refractivity contribution in [1.82, 2.24) is 9.55 Å². The highest BCUT2D eigenvalue weighted by Crippen LogP contribution is 2.43. The molecule has 0 spiro atoms. The predicted octanol–water partition coefficient (Wildman–Crippen LogP) is 15.7. The molecule has 5 nitrogen and oxygen atoms in total. The second-order valence-corrected chi connectivity index (χ2v) is 20.7. The molecule has 0 saturated carbocycles. The van der Waals surface area contributed by atoms with Crippen molar-refractivity contribution in [2.24, 2.45) is 5.41 Å². The number of ether oxygens (including phenoxy) is 1. The number of allylic oxidation sites excluding steroid dienone is 1. The van der Waals surface area contributed by atoms with Gasteiger partial charge in [-0.2, -0.15) is 0 Å². The van der Waals surface area contributed by atoms with Crippen LogP contribution in [-0.4, -0.2) is 16.2 Å². The number of nitrogens with zero attached hydrogens (tertiary/aromatic N) is 4. The fraction of sp³-hybridized carbons (Fsp3) is 0.339. The van der Waals surface area contributed by atoms with Crippen LogP contribution in [0.2, 0.25) is 0 Å². The van der Waals surface area contributed by atoms with Crippen LogP contribution in [0.3, 0.4) is 0 Å². The molecule has 314 valence electrons. The molecule has 1 aliphatic heterocycles. The molecule has 8 rings (SSSR count). The van der Waals surface area contributed by atoms with Crippen LogP contribution in [-0.2, 0) is 10.8 Å². The molecule has 0 unspecified atom stereocenters. The smallest absolute Gasteiger partial charge is 0.138 e. The standard InChI is InChI=1S/C56H64N4O/c1-36(2)45-21-17-22-46(37(3)4)53(45)38-26-27-57-52(28-38)60-49-23-15-14-20-47(49)48-25-24-43(33-50(48)60)61-44-31-40(55(8,9)10)30-42(32-44)59-35-58(34-51(59)56(11,12)13)41-19-16-18-39(29-41)54(5,6)7/h14-34,36-37H,35H2,1-13H3. The van der Waals surface area contributed by atoms with Crippen molar-refractivity contribution >= 4 is 33.2 Å². The number of aromatic nitrogens is 2. The van der Waals surface area contributed by atoms with Gasteiger partial charge in [0.25, 0.3) is 0 Å². The maximum Gasteiger partial charge on any atom is 0.138 e. The fourth-order valence-corrected chi connectivity index (χ4v) is 8.82. The highest BCUT2D eigenvalue weighted by atomic mass is 16.5. The molecular formula is C56H64N4O. The Hall–Kier alpha value is -5.81. The Morgan fingerprint density at radius 1 is 0.557 bits per heavy atom. The molecule has 0 atom stereocenters. The minimum atomic E-state index is -0.100. The van der Waals surface area contributed by atoms with Crippen LogP contribution in [0.1, 0.15) is 124 Å². The molecule has 0 saturated heterocycles. The molecule has 0 N–H and O–H groups in total. The number of anilines is 2. The van der Waals surface area contributed by atoms with Crippen LogP contribution in [0, 0.1) is 5.41 Å². The summed E-state index contributed by atoms with van der Waals surface area (Å²) >= 11 is 0. The second kappa shape index (κ2) is 15.6. The van der Waals surface area contributed by atoms with Crippen molar-refractivity contribution in [1.29, 1.82) is 0 Å². The maximum atomic E-state index is 6.98. The lowest BCUT2D eigenvalue weighted by Gasteiger charge is -2.32. The van der Waals surface area contributed by atoms with E-state index >= 15 is 0 Å². The molecule has 1 aliphatic rings. The van der Waals surface area contributed by atoms with Gasteiger partial charge in [0.15, 0.2) is 0 Å². The van der Waals surface area contributed by atoms with Crippen LogP contribution in [0.25, 0.3) is 38.8 Å². The van der Waals surface area contributed by atoms with E-state index in [1.165, 1.54) is 50.2 Å². The second-order valence-electron chi connectivity index (χ2n) is 20.7. The number of para-hydroxylation sites is 1. The number of pyridine rings is 1. The zero-order valence-corrected chi connectivity index (χ0v) is 38.7. The summed E-state index contributed by atoms with van der Waals surface area (Å²) in [6.07, 6.45) is 4.31. The Kier molecular flexibility index (Phi) is 10.7. The highest BCUT2D eigenvalue weighted by molar-refractivity contribution is 6.09. The summed E-state index contributed by atoms with van der Waals surface area (Å²) in [6.45, 7) is 30.4. The van der Waals surface area contributed by atoms with Gasteiger partial charge in [-0.25, -0.2) is 4.98 Å². The van der Waals surface area contributed by atoms with Gasteiger partial charge in [-0.3, -0.25) is 4.57 Å². The molecular weight excluding hydrogens is 745 g/mol. The monoisotopic (exact) mass is 809 g/mol. The molecule has 0 amide bonds. The number of hydrogen-bond acceptors (Lipinski definition) is 4. The first-order valence-corrected chi connectivity index (χ1v) is 22.1. The zero-order chi connectivity index (χ0) is 43.6. The van der Waals surface area contributed by atoms with Gasteiger partial charge in [0.05, 0.1) is 17.7 Å². The Bertz CT molecular complexity index is 2760. The first-order valence-electron chi connectivity index (χ1n) is 22.1. The van der Waals surface area contributed by atoms with Crippen molar-refractivity contribution in [3.63, 3.8) is 0 Å². The number of benzene rings is 5. The normalized spacial score (nSPS) is 13.9. The van der Waals surface area contributed by atoms with Crippen LogP contribution < -0.4 is 14.5 Å². The molecule has 7 aromatic rings. The van der Waals surface area contributed by atoms with E-state index < -0.39 is 0 Å². The lowest BCUT2D eigenvalue weighted by Crippen LogP contribution is -2.31. The van der Waals surface area contributed by atoms with Gasteiger partial charge >= 0.3 is 0 Å². The number of fused-ring (bicyclic) bond motifs is 3. The van der Waals surface area contributed by atoms with E-state index in [1.54, 1.807) is 0 Å². The Morgan fingerprint density at radius 2 is 1.21 bits per heavy atom. The third-order valence-corrected chi connectivity index (χ3v) is 12.3. The van der Waals surface area contributed by atoms with Gasteiger partial charge < -0.3 is 14.5 Å². The van der Waals surface area contributed by atoms with E-state index in [-0.39, 0.29) is 16.2 Å². The van der Waals surface area contributed by atoms with E-state index in [1.807, 2.05) is 6.20 Å².